The van der Waals surface area contributed by atoms with Crippen LogP contribution in [0.3, 0.4) is 0 Å². The highest BCUT2D eigenvalue weighted by Gasteiger charge is 2.46. The zero-order chi connectivity index (χ0) is 41.0. The van der Waals surface area contributed by atoms with Gasteiger partial charge in [0, 0.05) is 27.5 Å². The van der Waals surface area contributed by atoms with Crippen LogP contribution in [0.1, 0.15) is 22.3 Å². The molecule has 1 aliphatic carbocycles. The number of benzene rings is 9. The van der Waals surface area contributed by atoms with E-state index >= 15 is 0 Å². The van der Waals surface area contributed by atoms with Crippen LogP contribution < -0.4 is 0 Å². The fraction of sp³-hybridized carbons (Fsp3) is 0.0169. The third-order valence-corrected chi connectivity index (χ3v) is 12.6. The lowest BCUT2D eigenvalue weighted by Gasteiger charge is -2.33. The highest BCUT2D eigenvalue weighted by atomic mass is 16.3. The van der Waals surface area contributed by atoms with Gasteiger partial charge in [-0.15, -0.1) is 0 Å². The van der Waals surface area contributed by atoms with Crippen molar-refractivity contribution in [3.8, 4) is 67.3 Å². The van der Waals surface area contributed by atoms with Crippen molar-refractivity contribution in [1.29, 1.82) is 0 Å². The molecule has 12 rings (SSSR count). The summed E-state index contributed by atoms with van der Waals surface area (Å²) in [5, 5.41) is 2.24. The molecule has 0 saturated carbocycles. The number of hydrogen-bond acceptors (Lipinski definition) is 3. The van der Waals surface area contributed by atoms with Crippen molar-refractivity contribution < 1.29 is 4.42 Å². The molecule has 0 bridgehead atoms. The number of aromatic nitrogens is 2. The van der Waals surface area contributed by atoms with Gasteiger partial charge in [-0.05, 0) is 86.0 Å². The van der Waals surface area contributed by atoms with E-state index in [1.54, 1.807) is 0 Å². The molecule has 3 nitrogen and oxygen atoms in total. The lowest BCUT2D eigenvalue weighted by molar-refractivity contribution is 0.669. The molecule has 2 heterocycles. The monoisotopic (exact) mass is 790 g/mol. The Kier molecular flexibility index (Phi) is 8.39. The maximum absolute atomic E-state index is 6.19. The SMILES string of the molecule is c1ccc(-c2nc(-c3cccc(-c4ccccc4-c4ccc5oc6ccccc6c5c4)c3)cc(-c3cccc4c3-c3ccccc3C4(c3ccccc3)c3ccccc3)n2)cc1. The van der Waals surface area contributed by atoms with Crippen LogP contribution in [0.5, 0.6) is 0 Å². The summed E-state index contributed by atoms with van der Waals surface area (Å²) in [4.78, 5) is 10.7. The van der Waals surface area contributed by atoms with Crippen LogP contribution in [-0.2, 0) is 5.41 Å². The molecule has 3 heteroatoms. The normalized spacial score (nSPS) is 12.6. The fourth-order valence-corrected chi connectivity index (χ4v) is 9.88. The Hall–Kier alpha value is -8.14. The smallest absolute Gasteiger partial charge is 0.160 e. The second-order valence-electron chi connectivity index (χ2n) is 16.0. The van der Waals surface area contributed by atoms with Crippen LogP contribution in [0.2, 0.25) is 0 Å². The number of fused-ring (bicyclic) bond motifs is 6. The van der Waals surface area contributed by atoms with E-state index in [1.165, 1.54) is 33.4 Å². The van der Waals surface area contributed by atoms with Crippen LogP contribution >= 0.6 is 0 Å². The standard InChI is InChI=1S/C59H38N2O/c1-4-18-39(19-5-1)58-60-53(42-21-16-20-40(36-42)45-26-10-11-27-46(45)41-34-35-56-50(37-41)47-28-13-15-33-55(47)62-56)38-54(61-58)49-30-17-32-52-57(49)48-29-12-14-31-51(48)59(52,43-22-6-2-7-23-43)44-24-8-3-9-25-44/h1-38H. The molecule has 290 valence electrons. The zero-order valence-corrected chi connectivity index (χ0v) is 33.7. The number of rotatable bonds is 7. The van der Waals surface area contributed by atoms with E-state index in [2.05, 4.69) is 212 Å². The Balaban J connectivity index is 1.04. The number of para-hydroxylation sites is 1. The van der Waals surface area contributed by atoms with Crippen molar-refractivity contribution in [2.24, 2.45) is 0 Å². The molecule has 0 amide bonds. The second kappa shape index (κ2) is 14.5. The summed E-state index contributed by atoms with van der Waals surface area (Å²) >= 11 is 0. The van der Waals surface area contributed by atoms with Gasteiger partial charge < -0.3 is 4.42 Å². The minimum Gasteiger partial charge on any atom is -0.456 e. The van der Waals surface area contributed by atoms with Crippen molar-refractivity contribution in [2.75, 3.05) is 0 Å². The van der Waals surface area contributed by atoms with Gasteiger partial charge in [0.1, 0.15) is 11.2 Å². The molecule has 0 atom stereocenters. The molecule has 9 aromatic carbocycles. The molecule has 1 aliphatic rings. The molecule has 0 radical (unpaired) electrons. The molecule has 11 aromatic rings. The van der Waals surface area contributed by atoms with Gasteiger partial charge in [0.25, 0.3) is 0 Å². The Morgan fingerprint density at radius 2 is 0.855 bits per heavy atom. The van der Waals surface area contributed by atoms with Gasteiger partial charge in [0.2, 0.25) is 0 Å². The van der Waals surface area contributed by atoms with E-state index in [0.29, 0.717) is 5.82 Å². The maximum Gasteiger partial charge on any atom is 0.160 e. The van der Waals surface area contributed by atoms with Crippen molar-refractivity contribution in [1.82, 2.24) is 9.97 Å². The van der Waals surface area contributed by atoms with Crippen LogP contribution in [0.15, 0.2) is 235 Å². The van der Waals surface area contributed by atoms with E-state index in [-0.39, 0.29) is 0 Å². The van der Waals surface area contributed by atoms with Crippen LogP contribution in [-0.4, -0.2) is 9.97 Å². The quantitative estimate of drug-likeness (QED) is 0.161. The predicted molar refractivity (Wildman–Crippen MR) is 254 cm³/mol. The van der Waals surface area contributed by atoms with Gasteiger partial charge in [-0.1, -0.05) is 200 Å². The summed E-state index contributed by atoms with van der Waals surface area (Å²) < 4.78 is 6.19. The average Bonchev–Trinajstić information content (AvgIpc) is 3.88. The molecule has 2 aromatic heterocycles. The minimum absolute atomic E-state index is 0.514. The van der Waals surface area contributed by atoms with Gasteiger partial charge in [-0.25, -0.2) is 9.97 Å². The predicted octanol–water partition coefficient (Wildman–Crippen LogP) is 15.1. The number of furan rings is 1. The van der Waals surface area contributed by atoms with E-state index in [1.807, 2.05) is 18.2 Å². The van der Waals surface area contributed by atoms with Crippen molar-refractivity contribution in [3.63, 3.8) is 0 Å². The van der Waals surface area contributed by atoms with Gasteiger partial charge in [0.15, 0.2) is 5.82 Å². The third kappa shape index (κ3) is 5.67. The highest BCUT2D eigenvalue weighted by molar-refractivity contribution is 6.07. The van der Waals surface area contributed by atoms with E-state index < -0.39 is 5.41 Å². The van der Waals surface area contributed by atoms with Crippen molar-refractivity contribution in [2.45, 2.75) is 5.41 Å². The molecule has 0 aliphatic heterocycles. The van der Waals surface area contributed by atoms with Gasteiger partial charge >= 0.3 is 0 Å². The molecule has 0 spiro atoms. The lowest BCUT2D eigenvalue weighted by atomic mass is 9.67. The summed E-state index contributed by atoms with van der Waals surface area (Å²) in [6.07, 6.45) is 0. The number of hydrogen-bond donors (Lipinski definition) is 0. The van der Waals surface area contributed by atoms with Crippen LogP contribution in [0.25, 0.3) is 89.2 Å². The Morgan fingerprint density at radius 3 is 1.61 bits per heavy atom. The summed E-state index contributed by atoms with van der Waals surface area (Å²) in [5.41, 5.74) is 18.0. The lowest BCUT2D eigenvalue weighted by Crippen LogP contribution is -2.28. The number of nitrogens with zero attached hydrogens (tertiary/aromatic N) is 2. The van der Waals surface area contributed by atoms with Crippen LogP contribution in [0.4, 0.5) is 0 Å². The first kappa shape index (κ1) is 35.8. The van der Waals surface area contributed by atoms with E-state index in [4.69, 9.17) is 14.4 Å². The fourth-order valence-electron chi connectivity index (χ4n) is 9.88. The molecule has 0 unspecified atom stereocenters. The molecular weight excluding hydrogens is 753 g/mol. The van der Waals surface area contributed by atoms with Gasteiger partial charge in [-0.3, -0.25) is 0 Å². The van der Waals surface area contributed by atoms with E-state index in [0.717, 1.165) is 72.3 Å². The molecule has 0 saturated heterocycles. The van der Waals surface area contributed by atoms with Gasteiger partial charge in [-0.2, -0.15) is 0 Å². The average molecular weight is 791 g/mol. The molecule has 62 heavy (non-hydrogen) atoms. The summed E-state index contributed by atoms with van der Waals surface area (Å²) in [5.74, 6) is 0.686. The highest BCUT2D eigenvalue weighted by Crippen LogP contribution is 2.58. The van der Waals surface area contributed by atoms with Crippen molar-refractivity contribution >= 4 is 21.9 Å². The first-order valence-electron chi connectivity index (χ1n) is 21.1. The molecule has 0 fully saturated rings. The van der Waals surface area contributed by atoms with Crippen LogP contribution in [0, 0.1) is 0 Å². The molecular formula is C59H38N2O. The maximum atomic E-state index is 6.19. The van der Waals surface area contributed by atoms with Crippen molar-refractivity contribution in [3.05, 3.63) is 253 Å². The second-order valence-corrected chi connectivity index (χ2v) is 16.0. The van der Waals surface area contributed by atoms with E-state index in [9.17, 15) is 0 Å². The third-order valence-electron chi connectivity index (χ3n) is 12.6. The Labute approximate surface area is 360 Å². The molecule has 0 N–H and O–H groups in total. The summed E-state index contributed by atoms with van der Waals surface area (Å²) in [6, 6.07) is 82.2. The Morgan fingerprint density at radius 1 is 0.323 bits per heavy atom. The minimum atomic E-state index is -0.514. The zero-order valence-electron chi connectivity index (χ0n) is 33.7. The van der Waals surface area contributed by atoms with Gasteiger partial charge in [0.05, 0.1) is 16.8 Å². The summed E-state index contributed by atoms with van der Waals surface area (Å²) in [6.45, 7) is 0. The Bertz CT molecular complexity index is 3420. The largest absolute Gasteiger partial charge is 0.456 e. The topological polar surface area (TPSA) is 38.9 Å². The first-order chi connectivity index (χ1) is 30.7. The summed E-state index contributed by atoms with van der Waals surface area (Å²) in [7, 11) is 0. The first-order valence-corrected chi connectivity index (χ1v) is 21.1.